The zero-order valence-electron chi connectivity index (χ0n) is 12.4. The largest absolute Gasteiger partial charge is 0.395 e. The van der Waals surface area contributed by atoms with Crippen LogP contribution in [-0.2, 0) is 9.47 Å². The smallest absolute Gasteiger partial charge is 0.254 e. The number of carbonyl (C=O) groups excluding carboxylic acids is 1. The van der Waals surface area contributed by atoms with Gasteiger partial charge in [-0.25, -0.2) is 0 Å². The predicted molar refractivity (Wildman–Crippen MR) is 82.6 cm³/mol. The van der Waals surface area contributed by atoms with Gasteiger partial charge in [0.2, 0.25) is 0 Å². The third-order valence-corrected chi connectivity index (χ3v) is 3.56. The molecule has 0 aliphatic carbocycles. The molecule has 6 heteroatoms. The van der Waals surface area contributed by atoms with Crippen molar-refractivity contribution in [1.82, 2.24) is 4.90 Å². The Balaban J connectivity index is 2.71. The van der Waals surface area contributed by atoms with E-state index >= 15 is 0 Å². The summed E-state index contributed by atoms with van der Waals surface area (Å²) in [7, 11) is 3.22. The van der Waals surface area contributed by atoms with Crippen LogP contribution in [0.3, 0.4) is 0 Å². The van der Waals surface area contributed by atoms with E-state index in [-0.39, 0.29) is 12.5 Å². The molecule has 0 radical (unpaired) electrons. The Labute approximate surface area is 129 Å². The maximum absolute atomic E-state index is 12.4. The summed E-state index contributed by atoms with van der Waals surface area (Å²) < 4.78 is 10.1. The minimum atomic E-state index is -0.0458. The third-order valence-electron chi connectivity index (χ3n) is 2.71. The predicted octanol–water partition coefficient (Wildman–Crippen LogP) is 1.22. The molecule has 5 nitrogen and oxygen atoms in total. The highest BCUT2D eigenvalue weighted by atomic mass is 32.1. The van der Waals surface area contributed by atoms with Crippen molar-refractivity contribution in [3.8, 4) is 11.8 Å². The second-order valence-corrected chi connectivity index (χ2v) is 5.16. The van der Waals surface area contributed by atoms with E-state index in [9.17, 15) is 4.79 Å². The number of amides is 1. The molecule has 0 fully saturated rings. The fourth-order valence-corrected chi connectivity index (χ4v) is 2.37. The Morgan fingerprint density at radius 2 is 2.00 bits per heavy atom. The van der Waals surface area contributed by atoms with E-state index in [1.54, 1.807) is 30.6 Å². The number of hydrogen-bond donors (Lipinski definition) is 1. The van der Waals surface area contributed by atoms with Gasteiger partial charge in [-0.1, -0.05) is 11.8 Å². The number of aliphatic hydroxyl groups excluding tert-OH is 1. The lowest BCUT2D eigenvalue weighted by Crippen LogP contribution is -2.36. The molecule has 1 rings (SSSR count). The molecule has 1 aromatic heterocycles. The van der Waals surface area contributed by atoms with Crippen molar-refractivity contribution in [1.29, 1.82) is 0 Å². The second kappa shape index (κ2) is 10.4. The Hall–Kier alpha value is -1.39. The van der Waals surface area contributed by atoms with E-state index in [0.717, 1.165) is 4.88 Å². The summed E-state index contributed by atoms with van der Waals surface area (Å²) >= 11 is 1.43. The summed E-state index contributed by atoms with van der Waals surface area (Å²) in [6.45, 7) is 2.08. The molecule has 1 amide bonds. The summed E-state index contributed by atoms with van der Waals surface area (Å²) in [6.07, 6.45) is 0.439. The number of nitrogens with zero attached hydrogens (tertiary/aromatic N) is 1. The van der Waals surface area contributed by atoms with Gasteiger partial charge in [0.1, 0.15) is 0 Å². The molecule has 0 saturated heterocycles. The lowest BCUT2D eigenvalue weighted by molar-refractivity contribution is 0.0628. The highest BCUT2D eigenvalue weighted by Crippen LogP contribution is 2.15. The number of ether oxygens (including phenoxy) is 2. The molecule has 0 spiro atoms. The van der Waals surface area contributed by atoms with Gasteiger partial charge in [-0.2, -0.15) is 0 Å². The van der Waals surface area contributed by atoms with Crippen LogP contribution in [0.4, 0.5) is 0 Å². The molecule has 1 aromatic rings. The maximum atomic E-state index is 12.4. The van der Waals surface area contributed by atoms with Gasteiger partial charge in [-0.05, 0) is 6.07 Å². The summed E-state index contributed by atoms with van der Waals surface area (Å²) in [5.41, 5.74) is 0.625. The number of hydrogen-bond acceptors (Lipinski definition) is 5. The fourth-order valence-electron chi connectivity index (χ4n) is 1.62. The van der Waals surface area contributed by atoms with Crippen LogP contribution in [0.2, 0.25) is 0 Å². The first-order valence-electron chi connectivity index (χ1n) is 6.68. The van der Waals surface area contributed by atoms with Crippen LogP contribution in [-0.4, -0.2) is 63.0 Å². The normalized spacial score (nSPS) is 10.0. The van der Waals surface area contributed by atoms with E-state index in [1.807, 2.05) is 0 Å². The minimum absolute atomic E-state index is 0.0458. The molecule has 116 valence electrons. The van der Waals surface area contributed by atoms with Gasteiger partial charge in [0, 0.05) is 39.1 Å². The van der Waals surface area contributed by atoms with E-state index in [2.05, 4.69) is 11.8 Å². The second-order valence-electron chi connectivity index (χ2n) is 4.25. The first-order valence-corrected chi connectivity index (χ1v) is 7.56. The van der Waals surface area contributed by atoms with Gasteiger partial charge in [0.05, 0.1) is 30.3 Å². The Morgan fingerprint density at radius 1 is 1.33 bits per heavy atom. The fraction of sp³-hybridized carbons (Fsp3) is 0.533. The first kappa shape index (κ1) is 17.7. The number of aliphatic hydroxyl groups is 1. The van der Waals surface area contributed by atoms with Crippen molar-refractivity contribution in [2.75, 3.05) is 47.1 Å². The van der Waals surface area contributed by atoms with Crippen molar-refractivity contribution in [3.63, 3.8) is 0 Å². The third kappa shape index (κ3) is 6.27. The van der Waals surface area contributed by atoms with E-state index < -0.39 is 0 Å². The summed E-state index contributed by atoms with van der Waals surface area (Å²) in [6, 6.07) is 1.78. The molecule has 1 N–H and O–H groups in total. The van der Waals surface area contributed by atoms with Gasteiger partial charge in [0.25, 0.3) is 5.91 Å². The zero-order valence-corrected chi connectivity index (χ0v) is 13.2. The van der Waals surface area contributed by atoms with Crippen LogP contribution in [0.1, 0.15) is 21.7 Å². The minimum Gasteiger partial charge on any atom is -0.395 e. The quantitative estimate of drug-likeness (QED) is 0.733. The molecule has 1 heterocycles. The van der Waals surface area contributed by atoms with Crippen molar-refractivity contribution in [2.24, 2.45) is 0 Å². The highest BCUT2D eigenvalue weighted by molar-refractivity contribution is 7.10. The lowest BCUT2D eigenvalue weighted by atomic mass is 10.2. The van der Waals surface area contributed by atoms with Crippen LogP contribution >= 0.6 is 11.3 Å². The van der Waals surface area contributed by atoms with Crippen LogP contribution in [0.15, 0.2) is 11.4 Å². The standard InChI is InChI=1S/C15H21NO4S/c1-19-9-6-16(7-10-20-2)15(18)13-11-14(21-12-13)5-3-4-8-17/h11-12,17H,4,6-10H2,1-2H3. The van der Waals surface area contributed by atoms with E-state index in [4.69, 9.17) is 14.6 Å². The molecule has 0 aliphatic heterocycles. The van der Waals surface area contributed by atoms with Crippen LogP contribution < -0.4 is 0 Å². The van der Waals surface area contributed by atoms with Crippen LogP contribution in [0, 0.1) is 11.8 Å². The lowest BCUT2D eigenvalue weighted by Gasteiger charge is -2.21. The Kier molecular flexibility index (Phi) is 8.71. The molecular weight excluding hydrogens is 290 g/mol. The molecule has 21 heavy (non-hydrogen) atoms. The molecule has 0 saturated carbocycles. The van der Waals surface area contributed by atoms with Crippen molar-refractivity contribution < 1.29 is 19.4 Å². The van der Waals surface area contributed by atoms with Gasteiger partial charge in [-0.15, -0.1) is 11.3 Å². The molecule has 0 bridgehead atoms. The average Bonchev–Trinajstić information content (AvgIpc) is 2.96. The summed E-state index contributed by atoms with van der Waals surface area (Å²) in [4.78, 5) is 15.0. The van der Waals surface area contributed by atoms with Gasteiger partial charge in [0.15, 0.2) is 0 Å². The SMILES string of the molecule is COCCN(CCOC)C(=O)c1csc(C#CCCO)c1. The molecule has 0 aromatic carbocycles. The van der Waals surface area contributed by atoms with Gasteiger partial charge >= 0.3 is 0 Å². The Bertz CT molecular complexity index is 481. The molecule has 0 unspecified atom stereocenters. The average molecular weight is 311 g/mol. The van der Waals surface area contributed by atoms with Gasteiger partial charge < -0.3 is 19.5 Å². The topological polar surface area (TPSA) is 59.0 Å². The molecular formula is C15H21NO4S. The molecule has 0 aliphatic rings. The van der Waals surface area contributed by atoms with E-state index in [0.29, 0.717) is 38.3 Å². The first-order chi connectivity index (χ1) is 10.2. The van der Waals surface area contributed by atoms with Crippen molar-refractivity contribution in [2.45, 2.75) is 6.42 Å². The van der Waals surface area contributed by atoms with Crippen molar-refractivity contribution in [3.05, 3.63) is 21.9 Å². The summed E-state index contributed by atoms with van der Waals surface area (Å²) in [5.74, 6) is 5.74. The number of thiophene rings is 1. The Morgan fingerprint density at radius 3 is 2.57 bits per heavy atom. The molecule has 0 atom stereocenters. The number of methoxy groups -OCH3 is 2. The number of rotatable bonds is 8. The van der Waals surface area contributed by atoms with Crippen molar-refractivity contribution >= 4 is 17.2 Å². The van der Waals surface area contributed by atoms with Gasteiger partial charge in [-0.3, -0.25) is 4.79 Å². The number of carbonyl (C=O) groups is 1. The highest BCUT2D eigenvalue weighted by Gasteiger charge is 2.16. The monoisotopic (exact) mass is 311 g/mol. The summed E-state index contributed by atoms with van der Waals surface area (Å²) in [5, 5.41) is 10.5. The zero-order chi connectivity index (χ0) is 15.5. The maximum Gasteiger partial charge on any atom is 0.254 e. The van der Waals surface area contributed by atoms with Crippen LogP contribution in [0.5, 0.6) is 0 Å². The van der Waals surface area contributed by atoms with Crippen LogP contribution in [0.25, 0.3) is 0 Å². The van der Waals surface area contributed by atoms with E-state index in [1.165, 1.54) is 11.3 Å².